The van der Waals surface area contributed by atoms with Gasteiger partial charge in [0.15, 0.2) is 5.16 Å². The fourth-order valence-electron chi connectivity index (χ4n) is 1.57. The molecule has 0 aliphatic rings. The first-order chi connectivity index (χ1) is 9.40. The van der Waals surface area contributed by atoms with Gasteiger partial charge in [-0.3, -0.25) is 0 Å². The highest BCUT2D eigenvalue weighted by molar-refractivity contribution is 7.99. The number of nitrogens with zero attached hydrogens (tertiary/aromatic N) is 3. The molecule has 100 valence electrons. The fraction of sp³-hybridized carbons (Fsp3) is 0.286. The molecule has 4 nitrogen and oxygen atoms in total. The molecular formula is C14H17N3OS. The molecular weight excluding hydrogens is 258 g/mol. The van der Waals surface area contributed by atoms with E-state index in [1.165, 1.54) is 5.56 Å². The Morgan fingerprint density at radius 3 is 2.95 bits per heavy atom. The molecule has 2 rings (SSSR count). The Balaban J connectivity index is 1.82. The van der Waals surface area contributed by atoms with Gasteiger partial charge in [-0.1, -0.05) is 54.2 Å². The maximum atomic E-state index is 5.05. The van der Waals surface area contributed by atoms with Crippen molar-refractivity contribution in [1.82, 2.24) is 14.8 Å². The van der Waals surface area contributed by atoms with Crippen molar-refractivity contribution in [3.05, 3.63) is 48.3 Å². The lowest BCUT2D eigenvalue weighted by Crippen LogP contribution is -2.04. The summed E-state index contributed by atoms with van der Waals surface area (Å²) in [6.07, 6.45) is 5.99. The van der Waals surface area contributed by atoms with Crippen LogP contribution < -0.4 is 0 Å². The van der Waals surface area contributed by atoms with E-state index in [0.717, 1.165) is 17.5 Å². The van der Waals surface area contributed by atoms with E-state index in [9.17, 15) is 0 Å². The predicted molar refractivity (Wildman–Crippen MR) is 78.1 cm³/mol. The van der Waals surface area contributed by atoms with Crippen LogP contribution in [0.3, 0.4) is 0 Å². The number of aromatic nitrogens is 3. The molecule has 0 atom stereocenters. The van der Waals surface area contributed by atoms with Crippen LogP contribution in [0.2, 0.25) is 0 Å². The molecule has 0 saturated heterocycles. The minimum atomic E-state index is 0.672. The molecule has 1 heterocycles. The summed E-state index contributed by atoms with van der Waals surface area (Å²) in [5.74, 6) is 0.876. The van der Waals surface area contributed by atoms with E-state index in [4.69, 9.17) is 4.74 Å². The second-order valence-electron chi connectivity index (χ2n) is 3.92. The average molecular weight is 275 g/mol. The van der Waals surface area contributed by atoms with Crippen LogP contribution in [0.4, 0.5) is 0 Å². The Labute approximate surface area is 117 Å². The van der Waals surface area contributed by atoms with E-state index >= 15 is 0 Å². The Bertz CT molecular complexity index is 510. The van der Waals surface area contributed by atoms with Gasteiger partial charge >= 0.3 is 0 Å². The molecule has 1 aromatic heterocycles. The molecule has 2 aromatic rings. The van der Waals surface area contributed by atoms with Gasteiger partial charge in [0.1, 0.15) is 6.33 Å². The third kappa shape index (κ3) is 4.54. The minimum Gasteiger partial charge on any atom is -0.383 e. The monoisotopic (exact) mass is 275 g/mol. The summed E-state index contributed by atoms with van der Waals surface area (Å²) < 4.78 is 7.06. The lowest BCUT2D eigenvalue weighted by molar-refractivity contribution is 0.184. The Kier molecular flexibility index (Phi) is 5.65. The first-order valence-electron chi connectivity index (χ1n) is 6.11. The minimum absolute atomic E-state index is 0.672. The number of thioether (sulfide) groups is 1. The number of methoxy groups -OCH3 is 1. The van der Waals surface area contributed by atoms with Gasteiger partial charge in [0.25, 0.3) is 0 Å². The standard InChI is InChI=1S/C14H17N3OS/c1-18-10-9-17-12-15-16-14(17)19-11-5-8-13-6-3-2-4-7-13/h2-8,12H,9-11H2,1H3. The quantitative estimate of drug-likeness (QED) is 0.728. The molecule has 0 bridgehead atoms. The van der Waals surface area contributed by atoms with Crippen molar-refractivity contribution >= 4 is 17.8 Å². The van der Waals surface area contributed by atoms with Crippen molar-refractivity contribution in [3.63, 3.8) is 0 Å². The van der Waals surface area contributed by atoms with Gasteiger partial charge in [-0.25, -0.2) is 0 Å². The van der Waals surface area contributed by atoms with Crippen LogP contribution in [0.25, 0.3) is 6.08 Å². The zero-order valence-corrected chi connectivity index (χ0v) is 11.7. The summed E-state index contributed by atoms with van der Waals surface area (Å²) in [5, 5.41) is 8.95. The van der Waals surface area contributed by atoms with Crippen molar-refractivity contribution in [2.24, 2.45) is 0 Å². The smallest absolute Gasteiger partial charge is 0.191 e. The molecule has 19 heavy (non-hydrogen) atoms. The second kappa shape index (κ2) is 7.76. The third-order valence-corrected chi connectivity index (χ3v) is 3.47. The molecule has 0 aliphatic heterocycles. The van der Waals surface area contributed by atoms with Crippen LogP contribution in [0, 0.1) is 0 Å². The number of benzene rings is 1. The van der Waals surface area contributed by atoms with Gasteiger partial charge in [0.05, 0.1) is 6.61 Å². The number of ether oxygens (including phenoxy) is 1. The molecule has 0 unspecified atom stereocenters. The van der Waals surface area contributed by atoms with E-state index in [2.05, 4.69) is 34.5 Å². The molecule has 5 heteroatoms. The third-order valence-electron chi connectivity index (χ3n) is 2.53. The summed E-state index contributed by atoms with van der Waals surface area (Å²) >= 11 is 1.67. The molecule has 0 fully saturated rings. The zero-order chi connectivity index (χ0) is 13.3. The van der Waals surface area contributed by atoms with Crippen molar-refractivity contribution in [3.8, 4) is 0 Å². The van der Waals surface area contributed by atoms with Gasteiger partial charge in [0, 0.05) is 19.4 Å². The predicted octanol–water partition coefficient (Wildman–Crippen LogP) is 2.73. The van der Waals surface area contributed by atoms with Gasteiger partial charge in [-0.05, 0) is 5.56 Å². The van der Waals surface area contributed by atoms with E-state index in [1.54, 1.807) is 25.2 Å². The summed E-state index contributed by atoms with van der Waals surface area (Å²) in [4.78, 5) is 0. The lowest BCUT2D eigenvalue weighted by atomic mass is 10.2. The molecule has 0 radical (unpaired) electrons. The normalized spacial score (nSPS) is 11.2. The van der Waals surface area contributed by atoms with Gasteiger partial charge in [0.2, 0.25) is 0 Å². The largest absolute Gasteiger partial charge is 0.383 e. The lowest BCUT2D eigenvalue weighted by Gasteiger charge is -2.03. The highest BCUT2D eigenvalue weighted by atomic mass is 32.2. The summed E-state index contributed by atoms with van der Waals surface area (Å²) in [7, 11) is 1.69. The van der Waals surface area contributed by atoms with E-state index < -0.39 is 0 Å². The maximum absolute atomic E-state index is 5.05. The van der Waals surface area contributed by atoms with Crippen molar-refractivity contribution < 1.29 is 4.74 Å². The zero-order valence-electron chi connectivity index (χ0n) is 10.9. The van der Waals surface area contributed by atoms with E-state index in [0.29, 0.717) is 6.61 Å². The number of hydrogen-bond donors (Lipinski definition) is 0. The fourth-order valence-corrected chi connectivity index (χ4v) is 2.32. The first kappa shape index (κ1) is 13.8. The first-order valence-corrected chi connectivity index (χ1v) is 7.10. The van der Waals surface area contributed by atoms with Crippen LogP contribution in [-0.4, -0.2) is 34.2 Å². The van der Waals surface area contributed by atoms with Crippen molar-refractivity contribution in [2.75, 3.05) is 19.5 Å². The average Bonchev–Trinajstić information content (AvgIpc) is 2.90. The Morgan fingerprint density at radius 1 is 1.32 bits per heavy atom. The highest BCUT2D eigenvalue weighted by Gasteiger charge is 2.02. The summed E-state index contributed by atoms with van der Waals surface area (Å²) in [5.41, 5.74) is 1.21. The maximum Gasteiger partial charge on any atom is 0.191 e. The van der Waals surface area contributed by atoms with Crippen LogP contribution in [0.15, 0.2) is 47.9 Å². The summed E-state index contributed by atoms with van der Waals surface area (Å²) in [6, 6.07) is 10.3. The van der Waals surface area contributed by atoms with Gasteiger partial charge in [-0.2, -0.15) is 0 Å². The number of rotatable bonds is 7. The van der Waals surface area contributed by atoms with E-state index in [1.807, 2.05) is 22.8 Å². The summed E-state index contributed by atoms with van der Waals surface area (Å²) in [6.45, 7) is 1.46. The molecule has 0 spiro atoms. The Hall–Kier alpha value is -1.59. The van der Waals surface area contributed by atoms with Gasteiger partial charge < -0.3 is 9.30 Å². The topological polar surface area (TPSA) is 39.9 Å². The van der Waals surface area contributed by atoms with Crippen LogP contribution in [0.1, 0.15) is 5.56 Å². The SMILES string of the molecule is COCCn1cnnc1SCC=Cc1ccccc1. The van der Waals surface area contributed by atoms with E-state index in [-0.39, 0.29) is 0 Å². The molecule has 0 saturated carbocycles. The van der Waals surface area contributed by atoms with Crippen LogP contribution in [-0.2, 0) is 11.3 Å². The molecule has 1 aromatic carbocycles. The molecule has 0 N–H and O–H groups in total. The van der Waals surface area contributed by atoms with Crippen LogP contribution >= 0.6 is 11.8 Å². The van der Waals surface area contributed by atoms with Crippen molar-refractivity contribution in [1.29, 1.82) is 0 Å². The second-order valence-corrected chi connectivity index (χ2v) is 4.91. The van der Waals surface area contributed by atoms with Crippen molar-refractivity contribution in [2.45, 2.75) is 11.7 Å². The molecule has 0 aliphatic carbocycles. The highest BCUT2D eigenvalue weighted by Crippen LogP contribution is 2.15. The Morgan fingerprint density at radius 2 is 2.16 bits per heavy atom. The number of hydrogen-bond acceptors (Lipinski definition) is 4. The van der Waals surface area contributed by atoms with Crippen LogP contribution in [0.5, 0.6) is 0 Å². The molecule has 0 amide bonds. The van der Waals surface area contributed by atoms with Gasteiger partial charge in [-0.15, -0.1) is 10.2 Å².